The van der Waals surface area contributed by atoms with Gasteiger partial charge in [0.25, 0.3) is 0 Å². The molecule has 0 N–H and O–H groups in total. The molecule has 2 aromatic rings. The largest absolute Gasteiger partial charge is 0.468 e. The molecule has 0 aliphatic heterocycles. The summed E-state index contributed by atoms with van der Waals surface area (Å²) < 4.78 is 5.25. The first-order valence-corrected chi connectivity index (χ1v) is 8.34. The predicted octanol–water partition coefficient (Wildman–Crippen LogP) is 3.67. The molecule has 0 radical (unpaired) electrons. The van der Waals surface area contributed by atoms with Crippen LogP contribution in [0.15, 0.2) is 48.8 Å². The first kappa shape index (κ1) is 17.9. The van der Waals surface area contributed by atoms with Gasteiger partial charge in [-0.15, -0.1) is 0 Å². The Bertz CT molecular complexity index is 758. The summed E-state index contributed by atoms with van der Waals surface area (Å²) in [6, 6.07) is 12.8. The maximum Gasteiger partial charge on any atom is 0.318 e. The van der Waals surface area contributed by atoms with Gasteiger partial charge in [-0.2, -0.15) is 5.26 Å². The van der Waals surface area contributed by atoms with E-state index in [-0.39, 0.29) is 5.97 Å². The first-order chi connectivity index (χ1) is 11.6. The predicted molar refractivity (Wildman–Crippen MR) is 99.2 cm³/mol. The third-order valence-corrected chi connectivity index (χ3v) is 4.57. The van der Waals surface area contributed by atoms with E-state index in [1.54, 1.807) is 31.5 Å². The Hall–Kier alpha value is -2.43. The third kappa shape index (κ3) is 4.31. The molecule has 1 aromatic heterocycles. The van der Waals surface area contributed by atoms with Crippen LogP contribution in [0.2, 0.25) is 0 Å². The van der Waals surface area contributed by atoms with Crippen molar-refractivity contribution in [2.24, 2.45) is 0 Å². The SMILES string of the molecule is COC(=O)C(C)SC(=S)N(c1ccncc1)c1ccc(C#N)cc1. The van der Waals surface area contributed by atoms with Crippen LogP contribution in [-0.4, -0.2) is 27.6 Å². The molecule has 0 saturated carbocycles. The van der Waals surface area contributed by atoms with Crippen LogP contribution < -0.4 is 4.90 Å². The monoisotopic (exact) mass is 357 g/mol. The maximum absolute atomic E-state index is 11.7. The van der Waals surface area contributed by atoms with Crippen molar-refractivity contribution in [2.75, 3.05) is 12.0 Å². The van der Waals surface area contributed by atoms with Gasteiger partial charge in [-0.05, 0) is 43.3 Å². The molecule has 5 nitrogen and oxygen atoms in total. The standard InChI is InChI=1S/C17H15N3O2S2/c1-12(16(21)22-2)24-17(23)20(15-7-9-19-10-8-15)14-5-3-13(11-18)4-6-14/h3-10,12H,1-2H3. The number of hydrogen-bond acceptors (Lipinski definition) is 6. The second-order valence-electron chi connectivity index (χ2n) is 4.75. The number of methoxy groups -OCH3 is 1. The molecular weight excluding hydrogens is 342 g/mol. The van der Waals surface area contributed by atoms with E-state index in [9.17, 15) is 4.79 Å². The van der Waals surface area contributed by atoms with Gasteiger partial charge in [0, 0.05) is 18.1 Å². The number of thiocarbonyl (C=S) groups is 1. The van der Waals surface area contributed by atoms with Crippen LogP contribution in [0.25, 0.3) is 0 Å². The highest BCUT2D eigenvalue weighted by atomic mass is 32.2. The van der Waals surface area contributed by atoms with Crippen LogP contribution in [0.4, 0.5) is 11.4 Å². The summed E-state index contributed by atoms with van der Waals surface area (Å²) in [7, 11) is 1.35. The van der Waals surface area contributed by atoms with Gasteiger partial charge in [0.05, 0.1) is 24.4 Å². The fourth-order valence-corrected chi connectivity index (χ4v) is 3.41. The maximum atomic E-state index is 11.7. The lowest BCUT2D eigenvalue weighted by atomic mass is 10.2. The quantitative estimate of drug-likeness (QED) is 0.611. The van der Waals surface area contributed by atoms with Gasteiger partial charge in [-0.3, -0.25) is 14.7 Å². The lowest BCUT2D eigenvalue weighted by Gasteiger charge is -2.26. The van der Waals surface area contributed by atoms with E-state index >= 15 is 0 Å². The van der Waals surface area contributed by atoms with Gasteiger partial charge in [0.1, 0.15) is 9.57 Å². The lowest BCUT2D eigenvalue weighted by molar-refractivity contribution is -0.139. The summed E-state index contributed by atoms with van der Waals surface area (Å²) in [5, 5.41) is 8.52. The second kappa shape index (κ2) is 8.43. The molecule has 1 heterocycles. The molecule has 0 fully saturated rings. The number of pyridine rings is 1. The molecule has 0 saturated heterocycles. The number of benzene rings is 1. The van der Waals surface area contributed by atoms with E-state index in [1.165, 1.54) is 18.9 Å². The smallest absolute Gasteiger partial charge is 0.318 e. The Labute approximate surface area is 150 Å². The molecule has 2 rings (SSSR count). The molecule has 122 valence electrons. The number of rotatable bonds is 4. The summed E-state index contributed by atoms with van der Waals surface area (Å²) in [6.07, 6.45) is 3.34. The summed E-state index contributed by atoms with van der Waals surface area (Å²) in [4.78, 5) is 17.5. The number of nitrogens with zero attached hydrogens (tertiary/aromatic N) is 3. The normalized spacial score (nSPS) is 11.2. The molecule has 7 heteroatoms. The molecule has 1 atom stereocenters. The summed E-state index contributed by atoms with van der Waals surface area (Å²) in [5.41, 5.74) is 2.19. The third-order valence-electron chi connectivity index (χ3n) is 3.17. The number of carbonyl (C=O) groups is 1. The highest BCUT2D eigenvalue weighted by Gasteiger charge is 2.22. The molecular formula is C17H15N3O2S2. The molecule has 1 aromatic carbocycles. The van der Waals surface area contributed by atoms with Crippen LogP contribution in [0.5, 0.6) is 0 Å². The van der Waals surface area contributed by atoms with Crippen LogP contribution in [0.3, 0.4) is 0 Å². The molecule has 0 amide bonds. The van der Waals surface area contributed by atoms with Crippen molar-refractivity contribution in [3.05, 3.63) is 54.4 Å². The molecule has 0 aliphatic carbocycles. The first-order valence-electron chi connectivity index (χ1n) is 7.05. The van der Waals surface area contributed by atoms with Crippen molar-refractivity contribution in [3.63, 3.8) is 0 Å². The van der Waals surface area contributed by atoms with Gasteiger partial charge in [-0.1, -0.05) is 24.0 Å². The van der Waals surface area contributed by atoms with Crippen LogP contribution in [0.1, 0.15) is 12.5 Å². The van der Waals surface area contributed by atoms with Crippen molar-refractivity contribution in [3.8, 4) is 6.07 Å². The zero-order chi connectivity index (χ0) is 17.5. The number of hydrogen-bond donors (Lipinski definition) is 0. The summed E-state index contributed by atoms with van der Waals surface area (Å²) in [6.45, 7) is 1.74. The average molecular weight is 357 g/mol. The van der Waals surface area contributed by atoms with Gasteiger partial charge < -0.3 is 4.74 Å². The van der Waals surface area contributed by atoms with Crippen molar-refractivity contribution >= 4 is 45.6 Å². The molecule has 1 unspecified atom stereocenters. The number of ether oxygens (including phenoxy) is 1. The minimum atomic E-state index is -0.426. The van der Waals surface area contributed by atoms with E-state index in [2.05, 4.69) is 11.1 Å². The summed E-state index contributed by atoms with van der Waals surface area (Å²) >= 11 is 6.78. The van der Waals surface area contributed by atoms with E-state index in [4.69, 9.17) is 22.2 Å². The van der Waals surface area contributed by atoms with Crippen LogP contribution >= 0.6 is 24.0 Å². The molecule has 0 aliphatic rings. The zero-order valence-corrected chi connectivity index (χ0v) is 14.8. The van der Waals surface area contributed by atoms with Crippen LogP contribution in [-0.2, 0) is 9.53 Å². The van der Waals surface area contributed by atoms with Gasteiger partial charge in [0.15, 0.2) is 0 Å². The lowest BCUT2D eigenvalue weighted by Crippen LogP contribution is -2.26. The van der Waals surface area contributed by atoms with E-state index in [0.29, 0.717) is 9.88 Å². The number of aromatic nitrogens is 1. The summed E-state index contributed by atoms with van der Waals surface area (Å²) in [5.74, 6) is -0.336. The minimum Gasteiger partial charge on any atom is -0.468 e. The van der Waals surface area contributed by atoms with Crippen LogP contribution in [0, 0.1) is 11.3 Å². The number of carbonyl (C=O) groups excluding carboxylic acids is 1. The average Bonchev–Trinajstić information content (AvgIpc) is 2.62. The van der Waals surface area contributed by atoms with Crippen molar-refractivity contribution < 1.29 is 9.53 Å². The fourth-order valence-electron chi connectivity index (χ4n) is 1.96. The van der Waals surface area contributed by atoms with Gasteiger partial charge in [-0.25, -0.2) is 0 Å². The topological polar surface area (TPSA) is 66.2 Å². The highest BCUT2D eigenvalue weighted by molar-refractivity contribution is 8.24. The Kier molecular flexibility index (Phi) is 6.29. The van der Waals surface area contributed by atoms with E-state index < -0.39 is 5.25 Å². The number of anilines is 2. The highest BCUT2D eigenvalue weighted by Crippen LogP contribution is 2.30. The van der Waals surface area contributed by atoms with Gasteiger partial charge in [0.2, 0.25) is 0 Å². The van der Waals surface area contributed by atoms with Crippen molar-refractivity contribution in [2.45, 2.75) is 12.2 Å². The Morgan fingerprint density at radius 2 is 1.83 bits per heavy atom. The zero-order valence-electron chi connectivity index (χ0n) is 13.2. The van der Waals surface area contributed by atoms with E-state index in [0.717, 1.165) is 11.4 Å². The van der Waals surface area contributed by atoms with E-state index in [1.807, 2.05) is 29.2 Å². The molecule has 0 bridgehead atoms. The Morgan fingerprint density at radius 3 is 2.38 bits per heavy atom. The number of esters is 1. The molecule has 0 spiro atoms. The fraction of sp³-hybridized carbons (Fsp3) is 0.176. The minimum absolute atomic E-state index is 0.336. The number of nitriles is 1. The Morgan fingerprint density at radius 1 is 1.25 bits per heavy atom. The second-order valence-corrected chi connectivity index (χ2v) is 6.72. The van der Waals surface area contributed by atoms with Gasteiger partial charge >= 0.3 is 5.97 Å². The number of thioether (sulfide) groups is 1. The Balaban J connectivity index is 2.34. The molecule has 24 heavy (non-hydrogen) atoms. The van der Waals surface area contributed by atoms with Crippen molar-refractivity contribution in [1.29, 1.82) is 5.26 Å². The van der Waals surface area contributed by atoms with Crippen molar-refractivity contribution in [1.82, 2.24) is 4.98 Å².